The van der Waals surface area contributed by atoms with E-state index in [1.807, 2.05) is 78.9 Å². The monoisotopic (exact) mass is 792 g/mol. The maximum Gasteiger partial charge on any atom is 0.164 e. The van der Waals surface area contributed by atoms with Crippen molar-refractivity contribution in [1.82, 2.24) is 29.9 Å². The smallest absolute Gasteiger partial charge is 0.164 e. The highest BCUT2D eigenvalue weighted by molar-refractivity contribution is 6.05. The molecule has 6 heteroatoms. The van der Waals surface area contributed by atoms with Gasteiger partial charge in [-0.15, -0.1) is 0 Å². The van der Waals surface area contributed by atoms with Crippen LogP contribution in [0.3, 0.4) is 0 Å². The van der Waals surface area contributed by atoms with Crippen LogP contribution in [0.2, 0.25) is 0 Å². The average molecular weight is 793 g/mol. The number of aromatic nitrogens is 6. The van der Waals surface area contributed by atoms with Crippen molar-refractivity contribution in [1.29, 1.82) is 0 Å². The summed E-state index contributed by atoms with van der Waals surface area (Å²) in [6.07, 6.45) is 0. The zero-order valence-corrected chi connectivity index (χ0v) is 33.5. The lowest BCUT2D eigenvalue weighted by molar-refractivity contribution is 1.07. The van der Waals surface area contributed by atoms with Gasteiger partial charge in [-0.3, -0.25) is 0 Å². The molecular weight excluding hydrogens is 757 g/mol. The van der Waals surface area contributed by atoms with E-state index in [0.29, 0.717) is 34.9 Å². The van der Waals surface area contributed by atoms with Crippen molar-refractivity contribution in [3.8, 4) is 90.6 Å². The van der Waals surface area contributed by atoms with Crippen molar-refractivity contribution in [2.24, 2.45) is 0 Å². The van der Waals surface area contributed by atoms with Gasteiger partial charge < -0.3 is 0 Å². The summed E-state index contributed by atoms with van der Waals surface area (Å²) in [5, 5.41) is 4.14. The van der Waals surface area contributed by atoms with E-state index in [1.54, 1.807) is 0 Å². The molecule has 11 rings (SSSR count). The number of benzene rings is 9. The van der Waals surface area contributed by atoms with Crippen LogP contribution in [-0.4, -0.2) is 29.9 Å². The van der Waals surface area contributed by atoms with Crippen molar-refractivity contribution in [3.63, 3.8) is 0 Å². The fraction of sp³-hybridized carbons (Fsp3) is 0. The normalized spacial score (nSPS) is 11.2. The standard InChI is InChI=1S/C56H36N6/c1-5-17-37(18-6-1)38-29-31-42(32-30-38)53-60-55(48-34-33-43(39-19-7-2-8-20-39)44-25-13-14-26-45(44)48)62-56(61-53)50-36-35-49(46-27-15-16-28-47(46)50)54-58-51(40-21-9-3-10-22-40)57-52(59-54)41-23-11-4-12-24-41/h1-36H. The SMILES string of the molecule is c1ccc(-c2ccc(-c3nc(-c4ccc(-c5ccccc5)c5ccccc45)nc(-c4ccc(-c5nc(-c6ccccc6)nc(-c6ccccc6)n5)c5ccccc45)n3)cc2)cc1. The Balaban J connectivity index is 1.10. The van der Waals surface area contributed by atoms with E-state index in [4.69, 9.17) is 29.9 Å². The number of hydrogen-bond donors (Lipinski definition) is 0. The molecule has 2 heterocycles. The highest BCUT2D eigenvalue weighted by Crippen LogP contribution is 2.39. The first-order valence-corrected chi connectivity index (χ1v) is 20.6. The lowest BCUT2D eigenvalue weighted by Crippen LogP contribution is -2.02. The van der Waals surface area contributed by atoms with Crippen molar-refractivity contribution < 1.29 is 0 Å². The van der Waals surface area contributed by atoms with Gasteiger partial charge in [0, 0.05) is 33.4 Å². The van der Waals surface area contributed by atoms with Gasteiger partial charge in [0.2, 0.25) is 0 Å². The van der Waals surface area contributed by atoms with Gasteiger partial charge in [0.25, 0.3) is 0 Å². The minimum absolute atomic E-state index is 0.571. The van der Waals surface area contributed by atoms with E-state index < -0.39 is 0 Å². The Labute approximate surface area is 359 Å². The summed E-state index contributed by atoms with van der Waals surface area (Å²) in [5.74, 6) is 3.56. The van der Waals surface area contributed by atoms with Crippen LogP contribution in [0.15, 0.2) is 218 Å². The molecular formula is C56H36N6. The summed E-state index contributed by atoms with van der Waals surface area (Å²) in [5.41, 5.74) is 10.0. The van der Waals surface area contributed by atoms with Gasteiger partial charge in [-0.2, -0.15) is 0 Å². The molecule has 2 aromatic heterocycles. The first-order valence-electron chi connectivity index (χ1n) is 20.6. The lowest BCUT2D eigenvalue weighted by atomic mass is 9.94. The molecule has 0 saturated heterocycles. The zero-order chi connectivity index (χ0) is 41.2. The fourth-order valence-corrected chi connectivity index (χ4v) is 8.17. The predicted molar refractivity (Wildman–Crippen MR) is 252 cm³/mol. The third-order valence-electron chi connectivity index (χ3n) is 11.2. The Morgan fingerprint density at radius 1 is 0.161 bits per heavy atom. The van der Waals surface area contributed by atoms with Crippen molar-refractivity contribution >= 4 is 21.5 Å². The second kappa shape index (κ2) is 15.9. The first kappa shape index (κ1) is 36.6. The molecule has 0 fully saturated rings. The molecule has 0 aliphatic heterocycles. The maximum atomic E-state index is 5.31. The highest BCUT2D eigenvalue weighted by atomic mass is 15.0. The highest BCUT2D eigenvalue weighted by Gasteiger charge is 2.20. The number of rotatable bonds is 8. The Kier molecular flexibility index (Phi) is 9.41. The van der Waals surface area contributed by atoms with Crippen LogP contribution in [0.4, 0.5) is 0 Å². The summed E-state index contributed by atoms with van der Waals surface area (Å²) < 4.78 is 0. The molecule has 0 amide bonds. The molecule has 0 N–H and O–H groups in total. The Hall–Kier alpha value is -8.48. The Morgan fingerprint density at radius 2 is 0.403 bits per heavy atom. The van der Waals surface area contributed by atoms with E-state index >= 15 is 0 Å². The summed E-state index contributed by atoms with van der Waals surface area (Å²) in [6, 6.07) is 74.7. The quantitative estimate of drug-likeness (QED) is 0.152. The summed E-state index contributed by atoms with van der Waals surface area (Å²) in [7, 11) is 0. The van der Waals surface area contributed by atoms with Crippen molar-refractivity contribution in [2.45, 2.75) is 0 Å². The molecule has 62 heavy (non-hydrogen) atoms. The van der Waals surface area contributed by atoms with Gasteiger partial charge in [0.15, 0.2) is 34.9 Å². The van der Waals surface area contributed by atoms with Crippen molar-refractivity contribution in [3.05, 3.63) is 218 Å². The van der Waals surface area contributed by atoms with Gasteiger partial charge >= 0.3 is 0 Å². The molecule has 0 atom stereocenters. The lowest BCUT2D eigenvalue weighted by Gasteiger charge is -2.15. The van der Waals surface area contributed by atoms with Gasteiger partial charge in [-0.05, 0) is 62.0 Å². The summed E-state index contributed by atoms with van der Waals surface area (Å²) >= 11 is 0. The van der Waals surface area contributed by atoms with E-state index in [9.17, 15) is 0 Å². The molecule has 0 bridgehead atoms. The van der Waals surface area contributed by atoms with Crippen LogP contribution >= 0.6 is 0 Å². The third kappa shape index (κ3) is 6.95. The van der Waals surface area contributed by atoms with E-state index in [-0.39, 0.29) is 0 Å². The molecule has 0 aliphatic rings. The fourth-order valence-electron chi connectivity index (χ4n) is 8.17. The minimum atomic E-state index is 0.571. The van der Waals surface area contributed by atoms with Gasteiger partial charge in [-0.25, -0.2) is 29.9 Å². The van der Waals surface area contributed by atoms with Gasteiger partial charge in [0.1, 0.15) is 0 Å². The van der Waals surface area contributed by atoms with Crippen molar-refractivity contribution in [2.75, 3.05) is 0 Å². The average Bonchev–Trinajstić information content (AvgIpc) is 3.36. The van der Waals surface area contributed by atoms with Crippen LogP contribution in [0.5, 0.6) is 0 Å². The van der Waals surface area contributed by atoms with Crippen LogP contribution in [0.25, 0.3) is 112 Å². The zero-order valence-electron chi connectivity index (χ0n) is 33.5. The second-order valence-electron chi connectivity index (χ2n) is 15.1. The third-order valence-corrected chi connectivity index (χ3v) is 11.2. The topological polar surface area (TPSA) is 77.3 Å². The number of nitrogens with zero attached hydrogens (tertiary/aromatic N) is 6. The van der Waals surface area contributed by atoms with Gasteiger partial charge in [-0.1, -0.05) is 200 Å². The van der Waals surface area contributed by atoms with Crippen LogP contribution in [-0.2, 0) is 0 Å². The summed E-state index contributed by atoms with van der Waals surface area (Å²) in [4.78, 5) is 30.9. The Morgan fingerprint density at radius 3 is 0.806 bits per heavy atom. The second-order valence-corrected chi connectivity index (χ2v) is 15.1. The Bertz CT molecular complexity index is 3320. The van der Waals surface area contributed by atoms with Crippen LogP contribution in [0, 0.1) is 0 Å². The molecule has 9 aromatic carbocycles. The molecule has 0 unspecified atom stereocenters. The van der Waals surface area contributed by atoms with Gasteiger partial charge in [0.05, 0.1) is 0 Å². The number of hydrogen-bond acceptors (Lipinski definition) is 6. The molecule has 11 aromatic rings. The molecule has 0 spiro atoms. The molecule has 0 saturated carbocycles. The van der Waals surface area contributed by atoms with Crippen LogP contribution in [0.1, 0.15) is 0 Å². The maximum absolute atomic E-state index is 5.31. The largest absolute Gasteiger partial charge is 0.208 e. The van der Waals surface area contributed by atoms with E-state index in [2.05, 4.69) is 140 Å². The molecule has 290 valence electrons. The molecule has 6 nitrogen and oxygen atoms in total. The van der Waals surface area contributed by atoms with Crippen LogP contribution < -0.4 is 0 Å². The van der Waals surface area contributed by atoms with E-state index in [0.717, 1.165) is 77.2 Å². The molecule has 0 radical (unpaired) electrons. The minimum Gasteiger partial charge on any atom is -0.208 e. The number of fused-ring (bicyclic) bond motifs is 2. The first-order chi connectivity index (χ1) is 30.7. The molecule has 0 aliphatic carbocycles. The summed E-state index contributed by atoms with van der Waals surface area (Å²) in [6.45, 7) is 0. The van der Waals surface area contributed by atoms with E-state index in [1.165, 1.54) is 0 Å². The predicted octanol–water partition coefficient (Wildman–Crippen LogP) is 13.7.